The van der Waals surface area contributed by atoms with Crippen molar-refractivity contribution in [3.8, 4) is 0 Å². The normalized spacial score (nSPS) is 21.8. The van der Waals surface area contributed by atoms with Crippen molar-refractivity contribution < 1.29 is 5.11 Å². The first-order chi connectivity index (χ1) is 12.8. The van der Waals surface area contributed by atoms with Crippen LogP contribution in [0.1, 0.15) is 28.7 Å². The number of halogens is 1. The Labute approximate surface area is 159 Å². The molecule has 3 aromatic rings. The van der Waals surface area contributed by atoms with Crippen molar-refractivity contribution in [1.82, 2.24) is 0 Å². The van der Waals surface area contributed by atoms with Crippen molar-refractivity contribution in [2.75, 3.05) is 11.9 Å². The molecule has 0 unspecified atom stereocenters. The van der Waals surface area contributed by atoms with E-state index in [1.165, 1.54) is 16.7 Å². The van der Waals surface area contributed by atoms with Crippen LogP contribution in [0.2, 0.25) is 5.02 Å². The molecule has 26 heavy (non-hydrogen) atoms. The van der Waals surface area contributed by atoms with Gasteiger partial charge in [0.2, 0.25) is 0 Å². The van der Waals surface area contributed by atoms with Crippen LogP contribution in [-0.2, 0) is 6.42 Å². The SMILES string of the molecule is OC[C@@H]1[C@H](Nc2ccccc2)c2ccccc2C[C@H]1c1ccc(Cl)cc1. The molecule has 2 N–H and O–H groups in total. The topological polar surface area (TPSA) is 32.3 Å². The molecule has 0 saturated carbocycles. The molecule has 0 amide bonds. The van der Waals surface area contributed by atoms with Gasteiger partial charge in [0.1, 0.15) is 0 Å². The minimum Gasteiger partial charge on any atom is -0.396 e. The summed E-state index contributed by atoms with van der Waals surface area (Å²) in [6.45, 7) is 0.131. The molecule has 3 aromatic carbocycles. The highest BCUT2D eigenvalue weighted by Crippen LogP contribution is 2.44. The maximum atomic E-state index is 10.3. The van der Waals surface area contributed by atoms with Crippen LogP contribution in [0.15, 0.2) is 78.9 Å². The molecule has 3 heteroatoms. The van der Waals surface area contributed by atoms with Crippen molar-refractivity contribution in [3.05, 3.63) is 101 Å². The van der Waals surface area contributed by atoms with E-state index in [4.69, 9.17) is 11.6 Å². The number of rotatable bonds is 4. The fourth-order valence-corrected chi connectivity index (χ4v) is 4.21. The lowest BCUT2D eigenvalue weighted by molar-refractivity contribution is 0.178. The number of aliphatic hydroxyl groups excluding tert-OH is 1. The zero-order chi connectivity index (χ0) is 17.9. The number of anilines is 1. The van der Waals surface area contributed by atoms with Crippen molar-refractivity contribution in [1.29, 1.82) is 0 Å². The second-order valence-electron chi connectivity index (χ2n) is 6.90. The summed E-state index contributed by atoms with van der Waals surface area (Å²) in [5.74, 6) is 0.333. The quantitative estimate of drug-likeness (QED) is 0.646. The molecule has 1 aliphatic rings. The first-order valence-electron chi connectivity index (χ1n) is 9.02. The van der Waals surface area contributed by atoms with Gasteiger partial charge in [0.15, 0.2) is 0 Å². The Hall–Kier alpha value is -2.29. The Kier molecular flexibility index (Phi) is 4.96. The molecular weight excluding hydrogens is 342 g/mol. The fourth-order valence-electron chi connectivity index (χ4n) is 4.08. The lowest BCUT2D eigenvalue weighted by atomic mass is 9.70. The van der Waals surface area contributed by atoms with E-state index in [1.54, 1.807) is 0 Å². The molecule has 0 spiro atoms. The molecule has 0 heterocycles. The van der Waals surface area contributed by atoms with Crippen LogP contribution in [0.4, 0.5) is 5.69 Å². The van der Waals surface area contributed by atoms with Crippen LogP contribution in [0.5, 0.6) is 0 Å². The molecule has 132 valence electrons. The van der Waals surface area contributed by atoms with E-state index in [0.29, 0.717) is 0 Å². The van der Waals surface area contributed by atoms with Crippen molar-refractivity contribution >= 4 is 17.3 Å². The van der Waals surface area contributed by atoms with Gasteiger partial charge in [0.05, 0.1) is 6.04 Å². The summed E-state index contributed by atoms with van der Waals surface area (Å²) < 4.78 is 0. The van der Waals surface area contributed by atoms with E-state index in [9.17, 15) is 5.11 Å². The minimum atomic E-state index is 0.0630. The fraction of sp³-hybridized carbons (Fsp3) is 0.217. The minimum absolute atomic E-state index is 0.0630. The third-order valence-corrected chi connectivity index (χ3v) is 5.63. The van der Waals surface area contributed by atoms with E-state index in [-0.39, 0.29) is 24.5 Å². The van der Waals surface area contributed by atoms with Gasteiger partial charge in [-0.3, -0.25) is 0 Å². The van der Waals surface area contributed by atoms with Gasteiger partial charge in [-0.05, 0) is 53.3 Å². The molecule has 4 rings (SSSR count). The molecule has 0 fully saturated rings. The molecular formula is C23H22ClNO. The molecule has 0 bridgehead atoms. The van der Waals surface area contributed by atoms with E-state index in [0.717, 1.165) is 17.1 Å². The van der Waals surface area contributed by atoms with Crippen LogP contribution in [0, 0.1) is 5.92 Å². The standard InChI is InChI=1S/C23H22ClNO/c24-18-12-10-16(11-13-18)21-14-17-6-4-5-9-20(17)23(22(21)15-26)25-19-7-2-1-3-8-19/h1-13,21-23,25-26H,14-15H2/t21-,22-,23+/m0/s1. The first-order valence-corrected chi connectivity index (χ1v) is 9.40. The maximum absolute atomic E-state index is 10.3. The second kappa shape index (κ2) is 7.53. The zero-order valence-electron chi connectivity index (χ0n) is 14.5. The number of hydrogen-bond acceptors (Lipinski definition) is 2. The van der Waals surface area contributed by atoms with Gasteiger partial charge in [-0.15, -0.1) is 0 Å². The Morgan fingerprint density at radius 1 is 0.885 bits per heavy atom. The van der Waals surface area contributed by atoms with Gasteiger partial charge in [0.25, 0.3) is 0 Å². The van der Waals surface area contributed by atoms with Gasteiger partial charge in [-0.25, -0.2) is 0 Å². The molecule has 0 aliphatic heterocycles. The number of benzene rings is 3. The van der Waals surface area contributed by atoms with Crippen LogP contribution in [-0.4, -0.2) is 11.7 Å². The van der Waals surface area contributed by atoms with Gasteiger partial charge in [-0.1, -0.05) is 66.2 Å². The molecule has 0 aromatic heterocycles. The summed E-state index contributed by atoms with van der Waals surface area (Å²) in [5, 5.41) is 14.7. The largest absolute Gasteiger partial charge is 0.396 e. The summed E-state index contributed by atoms with van der Waals surface area (Å²) >= 11 is 6.08. The number of hydrogen-bond donors (Lipinski definition) is 2. The number of nitrogens with one attached hydrogen (secondary N) is 1. The summed E-state index contributed by atoms with van der Waals surface area (Å²) in [5.41, 5.74) is 4.91. The second-order valence-corrected chi connectivity index (χ2v) is 7.33. The number of aliphatic hydroxyl groups is 1. The van der Waals surface area contributed by atoms with Gasteiger partial charge < -0.3 is 10.4 Å². The maximum Gasteiger partial charge on any atom is 0.0572 e. The van der Waals surface area contributed by atoms with E-state index in [1.807, 2.05) is 30.3 Å². The Morgan fingerprint density at radius 2 is 1.58 bits per heavy atom. The summed E-state index contributed by atoms with van der Waals surface area (Å²) in [6.07, 6.45) is 0.927. The number of para-hydroxylation sites is 1. The molecule has 3 atom stereocenters. The molecule has 1 aliphatic carbocycles. The highest BCUT2D eigenvalue weighted by atomic mass is 35.5. The highest BCUT2D eigenvalue weighted by Gasteiger charge is 2.37. The predicted octanol–water partition coefficient (Wildman–Crippen LogP) is 5.44. The van der Waals surface area contributed by atoms with Gasteiger partial charge >= 0.3 is 0 Å². The summed E-state index contributed by atoms with van der Waals surface area (Å²) in [6, 6.07) is 26.9. The third kappa shape index (κ3) is 3.35. The van der Waals surface area contributed by atoms with E-state index >= 15 is 0 Å². The molecule has 0 saturated heterocycles. The summed E-state index contributed by atoms with van der Waals surface area (Å²) in [4.78, 5) is 0. The Balaban J connectivity index is 1.75. The summed E-state index contributed by atoms with van der Waals surface area (Å²) in [7, 11) is 0. The smallest absolute Gasteiger partial charge is 0.0572 e. The highest BCUT2D eigenvalue weighted by molar-refractivity contribution is 6.30. The molecule has 2 nitrogen and oxygen atoms in total. The Morgan fingerprint density at radius 3 is 2.31 bits per heavy atom. The number of fused-ring (bicyclic) bond motifs is 1. The van der Waals surface area contributed by atoms with E-state index in [2.05, 4.69) is 53.8 Å². The monoisotopic (exact) mass is 363 g/mol. The zero-order valence-corrected chi connectivity index (χ0v) is 15.2. The van der Waals surface area contributed by atoms with Crippen LogP contribution in [0.25, 0.3) is 0 Å². The average Bonchev–Trinajstić information content (AvgIpc) is 2.69. The average molecular weight is 364 g/mol. The van der Waals surface area contributed by atoms with Crippen molar-refractivity contribution in [2.45, 2.75) is 18.4 Å². The van der Waals surface area contributed by atoms with Crippen LogP contribution >= 0.6 is 11.6 Å². The molecule has 0 radical (unpaired) electrons. The van der Waals surface area contributed by atoms with Crippen molar-refractivity contribution in [2.24, 2.45) is 5.92 Å². The predicted molar refractivity (Wildman–Crippen MR) is 108 cm³/mol. The third-order valence-electron chi connectivity index (χ3n) is 5.38. The first kappa shape index (κ1) is 17.1. The van der Waals surface area contributed by atoms with Gasteiger partial charge in [-0.2, -0.15) is 0 Å². The van der Waals surface area contributed by atoms with E-state index < -0.39 is 0 Å². The lowest BCUT2D eigenvalue weighted by Gasteiger charge is -2.40. The van der Waals surface area contributed by atoms with Crippen molar-refractivity contribution in [3.63, 3.8) is 0 Å². The lowest BCUT2D eigenvalue weighted by Crippen LogP contribution is -2.35. The van der Waals surface area contributed by atoms with Gasteiger partial charge in [0, 0.05) is 23.2 Å². The van der Waals surface area contributed by atoms with Crippen LogP contribution < -0.4 is 5.32 Å². The van der Waals surface area contributed by atoms with Crippen LogP contribution in [0.3, 0.4) is 0 Å². The Bertz CT molecular complexity index is 863.